The summed E-state index contributed by atoms with van der Waals surface area (Å²) >= 11 is 17.3. The maximum absolute atomic E-state index is 13.1. The predicted molar refractivity (Wildman–Crippen MR) is 95.6 cm³/mol. The van der Waals surface area contributed by atoms with E-state index < -0.39 is 40.6 Å². The Morgan fingerprint density at radius 2 is 1.96 bits per heavy atom. The highest BCUT2D eigenvalue weighted by molar-refractivity contribution is 6.46. The number of aromatic nitrogens is 1. The lowest BCUT2D eigenvalue weighted by molar-refractivity contribution is -0.384. The third-order valence-electron chi connectivity index (χ3n) is 3.03. The van der Waals surface area contributed by atoms with E-state index in [1.165, 1.54) is 0 Å². The van der Waals surface area contributed by atoms with Crippen LogP contribution in [0, 0.1) is 15.9 Å². The molecule has 0 radical (unpaired) electrons. The number of carbonyl (C=O) groups excluding carboxylic acids is 2. The van der Waals surface area contributed by atoms with Gasteiger partial charge < -0.3 is 15.8 Å². The SMILES string of the molecule is Nc1c(Cl)c(Cl)nc(C(=O)OCC(=O)Nc2ccc(F)cc2[N+](=O)[O-])c1Cl. The number of rotatable bonds is 5. The first kappa shape index (κ1) is 20.6. The van der Waals surface area contributed by atoms with Gasteiger partial charge in [-0.1, -0.05) is 34.8 Å². The molecule has 1 amide bonds. The van der Waals surface area contributed by atoms with E-state index >= 15 is 0 Å². The minimum Gasteiger partial charge on any atom is -0.451 e. The largest absolute Gasteiger partial charge is 0.451 e. The zero-order valence-corrected chi connectivity index (χ0v) is 15.2. The molecule has 0 aliphatic rings. The fourth-order valence-electron chi connectivity index (χ4n) is 1.81. The Hall–Kier alpha value is -2.69. The second-order valence-corrected chi connectivity index (χ2v) is 5.95. The number of anilines is 2. The Labute approximate surface area is 165 Å². The van der Waals surface area contributed by atoms with Crippen LogP contribution in [0.15, 0.2) is 18.2 Å². The molecule has 1 heterocycles. The summed E-state index contributed by atoms with van der Waals surface area (Å²) in [6, 6.07) is 2.53. The van der Waals surface area contributed by atoms with Crippen molar-refractivity contribution in [1.29, 1.82) is 0 Å². The molecule has 2 rings (SSSR count). The summed E-state index contributed by atoms with van der Waals surface area (Å²) in [6.45, 7) is -0.842. The minimum absolute atomic E-state index is 0.153. The van der Waals surface area contributed by atoms with Crippen molar-refractivity contribution in [2.75, 3.05) is 17.7 Å². The van der Waals surface area contributed by atoms with Crippen LogP contribution in [0.2, 0.25) is 15.2 Å². The van der Waals surface area contributed by atoms with E-state index in [1.807, 2.05) is 0 Å². The smallest absolute Gasteiger partial charge is 0.359 e. The van der Waals surface area contributed by atoms with Gasteiger partial charge in [0.1, 0.15) is 16.5 Å². The van der Waals surface area contributed by atoms with E-state index in [0.717, 1.165) is 12.1 Å². The molecule has 0 unspecified atom stereocenters. The number of hydrogen-bond donors (Lipinski definition) is 2. The lowest BCUT2D eigenvalue weighted by Gasteiger charge is -2.10. The number of nitrogens with one attached hydrogen (secondary N) is 1. The molecule has 0 atom stereocenters. The molecule has 0 bridgehead atoms. The third-order valence-corrected chi connectivity index (χ3v) is 4.17. The zero-order chi connectivity index (χ0) is 20.3. The number of benzene rings is 1. The molecule has 1 aromatic heterocycles. The van der Waals surface area contributed by atoms with Gasteiger partial charge in [-0.05, 0) is 12.1 Å². The average Bonchev–Trinajstić information content (AvgIpc) is 2.62. The molecule has 13 heteroatoms. The maximum atomic E-state index is 13.1. The van der Waals surface area contributed by atoms with Crippen molar-refractivity contribution in [1.82, 2.24) is 4.98 Å². The van der Waals surface area contributed by atoms with Crippen LogP contribution in [0.3, 0.4) is 0 Å². The van der Waals surface area contributed by atoms with Crippen LogP contribution in [0.4, 0.5) is 21.5 Å². The lowest BCUT2D eigenvalue weighted by Crippen LogP contribution is -2.22. The molecule has 2 aromatic rings. The van der Waals surface area contributed by atoms with Crippen molar-refractivity contribution >= 4 is 63.7 Å². The molecule has 0 aliphatic heterocycles. The topological polar surface area (TPSA) is 137 Å². The van der Waals surface area contributed by atoms with Crippen LogP contribution in [-0.4, -0.2) is 28.4 Å². The maximum Gasteiger partial charge on any atom is 0.359 e. The highest BCUT2D eigenvalue weighted by Gasteiger charge is 2.22. The number of pyridine rings is 1. The van der Waals surface area contributed by atoms with Gasteiger partial charge in [-0.25, -0.2) is 14.2 Å². The molecule has 0 saturated heterocycles. The third kappa shape index (κ3) is 4.73. The number of carbonyl (C=O) groups is 2. The quantitative estimate of drug-likeness (QED) is 0.316. The summed E-state index contributed by atoms with van der Waals surface area (Å²) in [4.78, 5) is 37.5. The molecule has 142 valence electrons. The first-order valence-corrected chi connectivity index (χ1v) is 7.96. The van der Waals surface area contributed by atoms with Gasteiger partial charge in [0.2, 0.25) is 0 Å². The summed E-state index contributed by atoms with van der Waals surface area (Å²) in [5.74, 6) is -2.92. The van der Waals surface area contributed by atoms with Crippen molar-refractivity contribution in [3.63, 3.8) is 0 Å². The van der Waals surface area contributed by atoms with Crippen LogP contribution in [0.5, 0.6) is 0 Å². The van der Waals surface area contributed by atoms with Crippen molar-refractivity contribution < 1.29 is 23.6 Å². The second kappa shape index (κ2) is 8.33. The van der Waals surface area contributed by atoms with Crippen LogP contribution < -0.4 is 11.1 Å². The van der Waals surface area contributed by atoms with E-state index in [4.69, 9.17) is 45.3 Å². The normalized spacial score (nSPS) is 10.4. The number of nitrogens with zero attached hydrogens (tertiary/aromatic N) is 2. The van der Waals surface area contributed by atoms with E-state index in [1.54, 1.807) is 0 Å². The van der Waals surface area contributed by atoms with E-state index in [0.29, 0.717) is 6.07 Å². The number of ether oxygens (including phenoxy) is 1. The van der Waals surface area contributed by atoms with Gasteiger partial charge in [0.05, 0.1) is 21.7 Å². The van der Waals surface area contributed by atoms with Gasteiger partial charge in [-0.3, -0.25) is 14.9 Å². The summed E-state index contributed by atoms with van der Waals surface area (Å²) in [5, 5.41) is 12.2. The van der Waals surface area contributed by atoms with Crippen molar-refractivity contribution in [2.24, 2.45) is 0 Å². The number of hydrogen-bond acceptors (Lipinski definition) is 7. The molecule has 9 nitrogen and oxygen atoms in total. The summed E-state index contributed by atoms with van der Waals surface area (Å²) < 4.78 is 17.8. The number of nitrogen functional groups attached to an aromatic ring is 1. The van der Waals surface area contributed by atoms with Gasteiger partial charge in [0, 0.05) is 0 Å². The van der Waals surface area contributed by atoms with E-state index in [2.05, 4.69) is 10.3 Å². The lowest BCUT2D eigenvalue weighted by atomic mass is 10.2. The molecule has 0 fully saturated rings. The number of esters is 1. The van der Waals surface area contributed by atoms with Gasteiger partial charge in [-0.15, -0.1) is 0 Å². The number of nitrogens with two attached hydrogens (primary N) is 1. The molecule has 3 N–H and O–H groups in total. The van der Waals surface area contributed by atoms with Gasteiger partial charge in [0.15, 0.2) is 17.5 Å². The number of nitro benzene ring substituents is 1. The Balaban J connectivity index is 2.09. The Morgan fingerprint density at radius 3 is 2.59 bits per heavy atom. The molecule has 1 aromatic carbocycles. The summed E-state index contributed by atoms with van der Waals surface area (Å²) in [5.41, 5.74) is 3.95. The Kier molecular flexibility index (Phi) is 6.37. The Morgan fingerprint density at radius 1 is 1.30 bits per heavy atom. The molecular weight excluding hydrogens is 430 g/mol. The monoisotopic (exact) mass is 436 g/mol. The van der Waals surface area contributed by atoms with E-state index in [9.17, 15) is 24.1 Å². The highest BCUT2D eigenvalue weighted by atomic mass is 35.5. The first-order valence-electron chi connectivity index (χ1n) is 6.82. The fraction of sp³-hybridized carbons (Fsp3) is 0.0714. The second-order valence-electron chi connectivity index (χ2n) is 4.84. The van der Waals surface area contributed by atoms with Gasteiger partial charge in [0.25, 0.3) is 11.6 Å². The molecular formula is C14H8Cl3FN4O5. The van der Waals surface area contributed by atoms with Gasteiger partial charge in [-0.2, -0.15) is 0 Å². The van der Waals surface area contributed by atoms with Crippen LogP contribution in [0.1, 0.15) is 10.5 Å². The van der Waals surface area contributed by atoms with Crippen LogP contribution in [0.25, 0.3) is 0 Å². The van der Waals surface area contributed by atoms with Crippen LogP contribution >= 0.6 is 34.8 Å². The van der Waals surface area contributed by atoms with Gasteiger partial charge >= 0.3 is 5.97 Å². The Bertz CT molecular complexity index is 957. The highest BCUT2D eigenvalue weighted by Crippen LogP contribution is 2.34. The fourth-order valence-corrected chi connectivity index (χ4v) is 2.40. The number of nitro groups is 1. The molecule has 27 heavy (non-hydrogen) atoms. The molecule has 0 saturated carbocycles. The average molecular weight is 438 g/mol. The number of amides is 1. The minimum atomic E-state index is -1.13. The van der Waals surface area contributed by atoms with Crippen molar-refractivity contribution in [3.8, 4) is 0 Å². The number of halogens is 4. The van der Waals surface area contributed by atoms with Crippen molar-refractivity contribution in [2.45, 2.75) is 0 Å². The van der Waals surface area contributed by atoms with E-state index in [-0.39, 0.29) is 26.6 Å². The molecule has 0 aliphatic carbocycles. The molecule has 0 spiro atoms. The summed E-state index contributed by atoms with van der Waals surface area (Å²) in [6.07, 6.45) is 0. The standard InChI is InChI=1S/C14H8Cl3FN4O5/c15-9-11(19)10(16)13(17)21-12(9)14(24)27-4-8(23)20-6-2-1-5(18)3-7(6)22(25)26/h1-3H,4H2,(H2,19,21)(H,20,23). The van der Waals surface area contributed by atoms with Crippen LogP contribution in [-0.2, 0) is 9.53 Å². The predicted octanol–water partition coefficient (Wildman–Crippen LogP) is 3.47. The first-order chi connectivity index (χ1) is 12.6. The summed E-state index contributed by atoms with van der Waals surface area (Å²) in [7, 11) is 0. The zero-order valence-electron chi connectivity index (χ0n) is 13.0. The van der Waals surface area contributed by atoms with Crippen molar-refractivity contribution in [3.05, 3.63) is 55.0 Å².